The summed E-state index contributed by atoms with van der Waals surface area (Å²) in [5.74, 6) is 0.161. The Morgan fingerprint density at radius 2 is 0.864 bits per heavy atom. The lowest BCUT2D eigenvalue weighted by Gasteiger charge is -2.22. The Morgan fingerprint density at radius 3 is 1.25 bits per heavy atom. The van der Waals surface area contributed by atoms with E-state index in [0.717, 1.165) is 79.1 Å². The summed E-state index contributed by atoms with van der Waals surface area (Å²) in [6, 6.07) is 12.3. The zero-order valence-corrected chi connectivity index (χ0v) is 28.9. The third-order valence-electron chi connectivity index (χ3n) is 8.70. The van der Waals surface area contributed by atoms with Gasteiger partial charge in [0.2, 0.25) is 11.8 Å². The van der Waals surface area contributed by atoms with Crippen molar-refractivity contribution in [1.29, 1.82) is 0 Å². The number of likely N-dealkylation sites (N-methyl/N-ethyl adjacent to an activating group) is 1. The van der Waals surface area contributed by atoms with Crippen LogP contribution in [0, 0.1) is 27.7 Å². The maximum atomic E-state index is 13.0. The highest BCUT2D eigenvalue weighted by Gasteiger charge is 2.14. The zero-order valence-electron chi connectivity index (χ0n) is 28.9. The minimum Gasteiger partial charge on any atom is -0.324 e. The number of carbonyl (C=O) groups is 2. The molecule has 0 bridgehead atoms. The van der Waals surface area contributed by atoms with E-state index in [1.807, 2.05) is 38.1 Å². The molecule has 0 unspecified atom stereocenters. The molecular formula is C38H62N4O2. The Morgan fingerprint density at radius 1 is 0.523 bits per heavy atom. The Bertz CT molecular complexity index is 1080. The van der Waals surface area contributed by atoms with Crippen LogP contribution in [0.3, 0.4) is 0 Å². The maximum Gasteiger partial charge on any atom is 0.238 e. The first-order valence-corrected chi connectivity index (χ1v) is 17.4. The monoisotopic (exact) mass is 606 g/mol. The van der Waals surface area contributed by atoms with Gasteiger partial charge in [-0.1, -0.05) is 108 Å². The van der Waals surface area contributed by atoms with E-state index in [-0.39, 0.29) is 11.8 Å². The molecule has 0 saturated carbocycles. The molecule has 0 saturated heterocycles. The predicted molar refractivity (Wildman–Crippen MR) is 189 cm³/mol. The average Bonchev–Trinajstić information content (AvgIpc) is 2.99. The molecule has 6 heteroatoms. The summed E-state index contributed by atoms with van der Waals surface area (Å²) < 4.78 is 0. The summed E-state index contributed by atoms with van der Waals surface area (Å²) in [6.45, 7) is 17.3. The van der Waals surface area contributed by atoms with Gasteiger partial charge in [0, 0.05) is 11.4 Å². The van der Waals surface area contributed by atoms with Gasteiger partial charge in [-0.25, -0.2) is 0 Å². The van der Waals surface area contributed by atoms with Gasteiger partial charge < -0.3 is 10.6 Å². The van der Waals surface area contributed by atoms with Crippen molar-refractivity contribution in [1.82, 2.24) is 9.80 Å². The normalized spacial score (nSPS) is 11.4. The van der Waals surface area contributed by atoms with Gasteiger partial charge in [-0.3, -0.25) is 19.4 Å². The number of benzene rings is 2. The van der Waals surface area contributed by atoms with E-state index in [4.69, 9.17) is 0 Å². The van der Waals surface area contributed by atoms with Crippen LogP contribution in [0.5, 0.6) is 0 Å². The molecule has 0 aromatic heterocycles. The molecule has 0 radical (unpaired) electrons. The zero-order chi connectivity index (χ0) is 32.2. The minimum absolute atomic E-state index is 0.0671. The summed E-state index contributed by atoms with van der Waals surface area (Å²) >= 11 is 0. The van der Waals surface area contributed by atoms with Crippen LogP contribution < -0.4 is 10.6 Å². The van der Waals surface area contributed by atoms with Crippen molar-refractivity contribution in [3.05, 3.63) is 58.7 Å². The van der Waals surface area contributed by atoms with Crippen LogP contribution in [0.1, 0.15) is 113 Å². The van der Waals surface area contributed by atoms with E-state index in [0.29, 0.717) is 13.1 Å². The summed E-state index contributed by atoms with van der Waals surface area (Å²) in [6.07, 6.45) is 14.7. The first-order valence-electron chi connectivity index (χ1n) is 17.4. The molecule has 2 amide bonds. The van der Waals surface area contributed by atoms with Crippen molar-refractivity contribution >= 4 is 23.2 Å². The van der Waals surface area contributed by atoms with Gasteiger partial charge in [-0.2, -0.15) is 0 Å². The van der Waals surface area contributed by atoms with Gasteiger partial charge in [0.25, 0.3) is 0 Å². The first kappa shape index (κ1) is 37.5. The van der Waals surface area contributed by atoms with Crippen LogP contribution >= 0.6 is 0 Å². The molecular weight excluding hydrogens is 544 g/mol. The first-order chi connectivity index (χ1) is 21.2. The number of unbranched alkanes of at least 4 members (excludes halogenated alkanes) is 10. The quantitative estimate of drug-likeness (QED) is 0.124. The number of amides is 2. The van der Waals surface area contributed by atoms with E-state index in [1.54, 1.807) is 0 Å². The van der Waals surface area contributed by atoms with Crippen molar-refractivity contribution < 1.29 is 9.59 Å². The summed E-state index contributed by atoms with van der Waals surface area (Å²) in [5, 5.41) is 6.30. The van der Waals surface area contributed by atoms with E-state index >= 15 is 0 Å². The second-order valence-corrected chi connectivity index (χ2v) is 12.7. The molecule has 0 atom stereocenters. The number of hydrogen-bond acceptors (Lipinski definition) is 4. The summed E-state index contributed by atoms with van der Waals surface area (Å²) in [5.41, 5.74) is 6.34. The van der Waals surface area contributed by atoms with Gasteiger partial charge >= 0.3 is 0 Å². The highest BCUT2D eigenvalue weighted by atomic mass is 16.2. The second-order valence-electron chi connectivity index (χ2n) is 12.7. The lowest BCUT2D eigenvalue weighted by molar-refractivity contribution is -0.118. The van der Waals surface area contributed by atoms with E-state index in [1.165, 1.54) is 57.8 Å². The second kappa shape index (κ2) is 21.9. The number of nitrogens with zero attached hydrogens (tertiary/aromatic N) is 2. The van der Waals surface area contributed by atoms with Gasteiger partial charge in [-0.05, 0) is 95.4 Å². The Balaban J connectivity index is 1.68. The fraction of sp³-hybridized carbons (Fsp3) is 0.632. The van der Waals surface area contributed by atoms with Crippen molar-refractivity contribution in [2.45, 2.75) is 119 Å². The molecule has 0 heterocycles. The Hall–Kier alpha value is -2.70. The SMILES string of the molecule is CCCCCCCCN(CCCCCCCCN(CC)CC(=O)Nc1c(C)cccc1C)CC(=O)Nc1c(C)cccc1C. The van der Waals surface area contributed by atoms with Crippen molar-refractivity contribution in [3.8, 4) is 0 Å². The standard InChI is InChI=1S/C38H62N4O2/c1-7-9-10-11-14-18-27-42(30-36(44)40-38-33(5)24-21-25-34(38)6)28-19-16-13-12-15-17-26-41(8-2)29-35(43)39-37-31(3)22-20-23-32(37)4/h20-25H,7-19,26-30H2,1-6H3,(H,39,43)(H,40,44). The number of carbonyl (C=O) groups excluding carboxylic acids is 2. The van der Waals surface area contributed by atoms with Crippen LogP contribution in [-0.4, -0.2) is 60.9 Å². The number of anilines is 2. The molecule has 0 aliphatic rings. The number of aryl methyl sites for hydroxylation is 4. The highest BCUT2D eigenvalue weighted by Crippen LogP contribution is 2.20. The van der Waals surface area contributed by atoms with Crippen LogP contribution in [0.2, 0.25) is 0 Å². The highest BCUT2D eigenvalue weighted by molar-refractivity contribution is 5.94. The number of hydrogen-bond donors (Lipinski definition) is 2. The molecule has 0 aliphatic carbocycles. The molecule has 44 heavy (non-hydrogen) atoms. The van der Waals surface area contributed by atoms with E-state index < -0.39 is 0 Å². The molecule has 2 N–H and O–H groups in total. The molecule has 2 aromatic rings. The number of nitrogens with one attached hydrogen (secondary N) is 2. The Labute approximate surface area is 269 Å². The van der Waals surface area contributed by atoms with Gasteiger partial charge in [0.05, 0.1) is 13.1 Å². The molecule has 0 fully saturated rings. The molecule has 246 valence electrons. The minimum atomic E-state index is 0.0671. The summed E-state index contributed by atoms with van der Waals surface area (Å²) in [4.78, 5) is 30.3. The van der Waals surface area contributed by atoms with Crippen molar-refractivity contribution in [2.75, 3.05) is 49.9 Å². The number of para-hydroxylation sites is 2. The van der Waals surface area contributed by atoms with Crippen LogP contribution in [0.25, 0.3) is 0 Å². The van der Waals surface area contributed by atoms with Crippen LogP contribution in [-0.2, 0) is 9.59 Å². The van der Waals surface area contributed by atoms with Crippen molar-refractivity contribution in [3.63, 3.8) is 0 Å². The van der Waals surface area contributed by atoms with Crippen LogP contribution in [0.15, 0.2) is 36.4 Å². The maximum absolute atomic E-state index is 13.0. The Kier molecular flexibility index (Phi) is 18.7. The van der Waals surface area contributed by atoms with Gasteiger partial charge in [0.15, 0.2) is 0 Å². The number of rotatable bonds is 23. The third kappa shape index (κ3) is 14.9. The van der Waals surface area contributed by atoms with E-state index in [2.05, 4.69) is 60.3 Å². The average molecular weight is 607 g/mol. The third-order valence-corrected chi connectivity index (χ3v) is 8.70. The molecule has 6 nitrogen and oxygen atoms in total. The van der Waals surface area contributed by atoms with Gasteiger partial charge in [0.1, 0.15) is 0 Å². The predicted octanol–water partition coefficient (Wildman–Crippen LogP) is 8.82. The summed E-state index contributed by atoms with van der Waals surface area (Å²) in [7, 11) is 0. The lowest BCUT2D eigenvalue weighted by atomic mass is 10.1. The lowest BCUT2D eigenvalue weighted by Crippen LogP contribution is -2.35. The fourth-order valence-corrected chi connectivity index (χ4v) is 5.90. The van der Waals surface area contributed by atoms with E-state index in [9.17, 15) is 9.59 Å². The molecule has 0 aliphatic heterocycles. The molecule has 0 spiro atoms. The fourth-order valence-electron chi connectivity index (χ4n) is 5.90. The topological polar surface area (TPSA) is 64.7 Å². The largest absolute Gasteiger partial charge is 0.324 e. The van der Waals surface area contributed by atoms with Gasteiger partial charge in [-0.15, -0.1) is 0 Å². The molecule has 2 aromatic carbocycles. The van der Waals surface area contributed by atoms with Crippen LogP contribution in [0.4, 0.5) is 11.4 Å². The smallest absolute Gasteiger partial charge is 0.238 e. The van der Waals surface area contributed by atoms with Crippen molar-refractivity contribution in [2.24, 2.45) is 0 Å². The molecule has 2 rings (SSSR count).